The Morgan fingerprint density at radius 3 is 2.53 bits per heavy atom. The summed E-state index contributed by atoms with van der Waals surface area (Å²) in [6.45, 7) is 3.97. The van der Waals surface area contributed by atoms with Crippen LogP contribution in [-0.2, 0) is 0 Å². The average Bonchev–Trinajstić information content (AvgIpc) is 2.77. The van der Waals surface area contributed by atoms with E-state index in [1.165, 1.54) is 22.8 Å². The number of allylic oxidation sites excluding steroid dienone is 3. The molecule has 19 heavy (non-hydrogen) atoms. The Kier molecular flexibility index (Phi) is 3.04. The topological polar surface area (TPSA) is 0 Å². The molecule has 1 aliphatic carbocycles. The molecular formula is C18H14F. The van der Waals surface area contributed by atoms with E-state index < -0.39 is 0 Å². The lowest BCUT2D eigenvalue weighted by molar-refractivity contribution is 0.627. The van der Waals surface area contributed by atoms with Gasteiger partial charge < -0.3 is 0 Å². The molecule has 1 heteroatoms. The number of fused-ring (bicyclic) bond motifs is 1. The second-order valence-corrected chi connectivity index (χ2v) is 4.62. The van der Waals surface area contributed by atoms with E-state index in [0.29, 0.717) is 0 Å². The summed E-state index contributed by atoms with van der Waals surface area (Å²) in [5.74, 6) is -0.206. The van der Waals surface area contributed by atoms with Crippen molar-refractivity contribution >= 4 is 17.2 Å². The molecular weight excluding hydrogens is 235 g/mol. The van der Waals surface area contributed by atoms with E-state index in [9.17, 15) is 4.39 Å². The highest BCUT2D eigenvalue weighted by Gasteiger charge is 2.16. The molecule has 93 valence electrons. The molecule has 0 unspecified atom stereocenters. The molecule has 0 N–H and O–H groups in total. The third-order valence-corrected chi connectivity index (χ3v) is 3.35. The van der Waals surface area contributed by atoms with Crippen molar-refractivity contribution < 1.29 is 4.39 Å². The standard InChI is InChI=1S/C18H14F/c1-2-14-12-15(18-9-4-3-8-17(14)18)10-13-6-5-7-16(19)11-13/h3-12H,1-2H2. The molecule has 0 bridgehead atoms. The lowest BCUT2D eigenvalue weighted by Gasteiger charge is -2.02. The van der Waals surface area contributed by atoms with Crippen LogP contribution in [0.5, 0.6) is 0 Å². The van der Waals surface area contributed by atoms with Gasteiger partial charge in [0.05, 0.1) is 0 Å². The van der Waals surface area contributed by atoms with Gasteiger partial charge in [-0.05, 0) is 59.4 Å². The van der Waals surface area contributed by atoms with Crippen LogP contribution >= 0.6 is 0 Å². The molecule has 0 saturated carbocycles. The second-order valence-electron chi connectivity index (χ2n) is 4.62. The van der Waals surface area contributed by atoms with Crippen molar-refractivity contribution in [3.63, 3.8) is 0 Å². The summed E-state index contributed by atoms with van der Waals surface area (Å²) in [6.07, 6.45) is 4.92. The molecule has 0 aromatic heterocycles. The molecule has 0 nitrogen and oxygen atoms in total. The minimum atomic E-state index is -0.206. The van der Waals surface area contributed by atoms with Crippen molar-refractivity contribution in [2.45, 2.75) is 6.42 Å². The van der Waals surface area contributed by atoms with Crippen LogP contribution in [0.4, 0.5) is 4.39 Å². The van der Waals surface area contributed by atoms with Gasteiger partial charge in [0, 0.05) is 0 Å². The largest absolute Gasteiger partial charge is 0.207 e. The average molecular weight is 249 g/mol. The van der Waals surface area contributed by atoms with Gasteiger partial charge in [0.15, 0.2) is 0 Å². The fourth-order valence-electron chi connectivity index (χ4n) is 2.46. The SMILES string of the molecule is [CH2]CC1=CC(=Cc2cccc(F)c2)c2ccccc21. The van der Waals surface area contributed by atoms with Crippen LogP contribution in [0.1, 0.15) is 23.1 Å². The third-order valence-electron chi connectivity index (χ3n) is 3.35. The van der Waals surface area contributed by atoms with Crippen molar-refractivity contribution in [2.24, 2.45) is 0 Å². The second kappa shape index (κ2) is 4.85. The first-order valence-corrected chi connectivity index (χ1v) is 6.35. The van der Waals surface area contributed by atoms with E-state index in [1.54, 1.807) is 12.1 Å². The van der Waals surface area contributed by atoms with Crippen molar-refractivity contribution in [3.8, 4) is 0 Å². The molecule has 2 aromatic rings. The number of benzene rings is 2. The lowest BCUT2D eigenvalue weighted by atomic mass is 10.0. The smallest absolute Gasteiger partial charge is 0.123 e. The van der Waals surface area contributed by atoms with Gasteiger partial charge in [0.1, 0.15) is 5.82 Å². The molecule has 0 atom stereocenters. The van der Waals surface area contributed by atoms with Crippen molar-refractivity contribution in [1.82, 2.24) is 0 Å². The molecule has 0 aliphatic heterocycles. The van der Waals surface area contributed by atoms with Crippen molar-refractivity contribution in [1.29, 1.82) is 0 Å². The summed E-state index contributed by atoms with van der Waals surface area (Å²) in [6, 6.07) is 14.9. The van der Waals surface area contributed by atoms with Gasteiger partial charge >= 0.3 is 0 Å². The van der Waals surface area contributed by atoms with Crippen LogP contribution in [-0.4, -0.2) is 0 Å². The van der Waals surface area contributed by atoms with Crippen LogP contribution in [0.25, 0.3) is 17.2 Å². The summed E-state index contributed by atoms with van der Waals surface area (Å²) in [5, 5.41) is 0. The Morgan fingerprint density at radius 2 is 1.79 bits per heavy atom. The Labute approximate surface area is 112 Å². The number of rotatable bonds is 2. The summed E-state index contributed by atoms with van der Waals surface area (Å²) in [4.78, 5) is 0. The van der Waals surface area contributed by atoms with Gasteiger partial charge in [-0.2, -0.15) is 0 Å². The van der Waals surface area contributed by atoms with E-state index >= 15 is 0 Å². The zero-order valence-corrected chi connectivity index (χ0v) is 10.6. The fourth-order valence-corrected chi connectivity index (χ4v) is 2.46. The van der Waals surface area contributed by atoms with Crippen LogP contribution in [0, 0.1) is 12.7 Å². The van der Waals surface area contributed by atoms with Gasteiger partial charge in [-0.25, -0.2) is 4.39 Å². The first kappa shape index (κ1) is 11.9. The van der Waals surface area contributed by atoms with Gasteiger partial charge in [-0.15, -0.1) is 0 Å². The summed E-state index contributed by atoms with van der Waals surface area (Å²) >= 11 is 0. The zero-order chi connectivity index (χ0) is 13.2. The Morgan fingerprint density at radius 1 is 1.00 bits per heavy atom. The maximum atomic E-state index is 13.2. The van der Waals surface area contributed by atoms with Gasteiger partial charge in [-0.1, -0.05) is 42.5 Å². The molecule has 0 amide bonds. The van der Waals surface area contributed by atoms with Crippen molar-refractivity contribution in [2.75, 3.05) is 0 Å². The van der Waals surface area contributed by atoms with Gasteiger partial charge in [0.2, 0.25) is 0 Å². The Hall–Kier alpha value is -2.15. The van der Waals surface area contributed by atoms with Crippen LogP contribution < -0.4 is 0 Å². The van der Waals surface area contributed by atoms with E-state index in [-0.39, 0.29) is 5.82 Å². The molecule has 2 aromatic carbocycles. The predicted molar refractivity (Wildman–Crippen MR) is 78.7 cm³/mol. The minimum Gasteiger partial charge on any atom is -0.207 e. The lowest BCUT2D eigenvalue weighted by Crippen LogP contribution is -1.83. The van der Waals surface area contributed by atoms with Crippen LogP contribution in [0.15, 0.2) is 54.6 Å². The Balaban J connectivity index is 2.09. The van der Waals surface area contributed by atoms with E-state index in [0.717, 1.165) is 17.6 Å². The fraction of sp³-hybridized carbons (Fsp3) is 0.0556. The minimum absolute atomic E-state index is 0.206. The highest BCUT2D eigenvalue weighted by Crippen LogP contribution is 2.37. The number of hydrogen-bond donors (Lipinski definition) is 0. The summed E-state index contributed by atoms with van der Waals surface area (Å²) < 4.78 is 13.2. The van der Waals surface area contributed by atoms with E-state index in [1.807, 2.05) is 24.3 Å². The highest BCUT2D eigenvalue weighted by atomic mass is 19.1. The molecule has 0 fully saturated rings. The Bertz CT molecular complexity index is 678. The molecule has 1 aliphatic rings. The van der Waals surface area contributed by atoms with Gasteiger partial charge in [0.25, 0.3) is 0 Å². The maximum absolute atomic E-state index is 13.2. The first-order valence-electron chi connectivity index (χ1n) is 6.35. The van der Waals surface area contributed by atoms with Crippen LogP contribution in [0.3, 0.4) is 0 Å². The summed E-state index contributed by atoms with van der Waals surface area (Å²) in [7, 11) is 0. The molecule has 0 heterocycles. The quantitative estimate of drug-likeness (QED) is 0.703. The zero-order valence-electron chi connectivity index (χ0n) is 10.6. The monoisotopic (exact) mass is 249 g/mol. The van der Waals surface area contributed by atoms with E-state index in [4.69, 9.17) is 0 Å². The molecule has 0 spiro atoms. The third kappa shape index (κ3) is 2.24. The van der Waals surface area contributed by atoms with Crippen LogP contribution in [0.2, 0.25) is 0 Å². The first-order chi connectivity index (χ1) is 9.28. The van der Waals surface area contributed by atoms with Gasteiger partial charge in [-0.3, -0.25) is 0 Å². The normalized spacial score (nSPS) is 15.5. The molecule has 1 radical (unpaired) electrons. The van der Waals surface area contributed by atoms with E-state index in [2.05, 4.69) is 25.1 Å². The van der Waals surface area contributed by atoms with Crippen molar-refractivity contribution in [3.05, 3.63) is 84.0 Å². The summed E-state index contributed by atoms with van der Waals surface area (Å²) in [5.41, 5.74) is 5.68. The molecule has 0 saturated heterocycles. The number of hydrogen-bond acceptors (Lipinski definition) is 0. The molecule has 3 rings (SSSR count). The highest BCUT2D eigenvalue weighted by molar-refractivity contribution is 6.01. The maximum Gasteiger partial charge on any atom is 0.123 e. The predicted octanol–water partition coefficient (Wildman–Crippen LogP) is 4.99. The number of halogens is 1.